The number of unbranched alkanes of at least 4 members (excludes halogenated alkanes) is 5. The van der Waals surface area contributed by atoms with Gasteiger partial charge in [-0.25, -0.2) is 14.6 Å². The van der Waals surface area contributed by atoms with Gasteiger partial charge in [0.1, 0.15) is 5.82 Å². The van der Waals surface area contributed by atoms with Crippen LogP contribution in [0, 0.1) is 11.8 Å². The van der Waals surface area contributed by atoms with Crippen molar-refractivity contribution in [1.29, 1.82) is 0 Å². The maximum atomic E-state index is 13.2. The molecular weight excluding hydrogens is 450 g/mol. The van der Waals surface area contributed by atoms with E-state index in [1.807, 2.05) is 24.3 Å². The summed E-state index contributed by atoms with van der Waals surface area (Å²) < 4.78 is 3.37. The highest BCUT2D eigenvalue weighted by atomic mass is 16.2. The van der Waals surface area contributed by atoms with E-state index in [1.165, 1.54) is 25.7 Å². The molecule has 8 heteroatoms. The lowest BCUT2D eigenvalue weighted by molar-refractivity contribution is 0.511. The molecule has 0 spiro atoms. The average molecular weight is 484 g/mol. The Hall–Kier alpha value is -3.99. The molecule has 0 saturated heterocycles. The van der Waals surface area contributed by atoms with Crippen LogP contribution < -0.4 is 5.69 Å². The van der Waals surface area contributed by atoms with Crippen LogP contribution in [0.25, 0.3) is 22.5 Å². The maximum absolute atomic E-state index is 13.2. The Bertz CT molecular complexity index is 1360. The highest BCUT2D eigenvalue weighted by Crippen LogP contribution is 2.29. The first-order valence-corrected chi connectivity index (χ1v) is 12.7. The molecule has 186 valence electrons. The van der Waals surface area contributed by atoms with E-state index in [4.69, 9.17) is 0 Å². The molecule has 0 aliphatic rings. The van der Waals surface area contributed by atoms with E-state index in [0.717, 1.165) is 35.1 Å². The predicted molar refractivity (Wildman–Crippen MR) is 141 cm³/mol. The zero-order chi connectivity index (χ0) is 25.2. The van der Waals surface area contributed by atoms with Crippen LogP contribution in [0.3, 0.4) is 0 Å². The van der Waals surface area contributed by atoms with Gasteiger partial charge in [-0.15, -0.1) is 11.0 Å². The first-order chi connectivity index (χ1) is 17.7. The molecule has 4 aromatic rings. The monoisotopic (exact) mass is 483 g/mol. The molecule has 0 radical (unpaired) electrons. The third-order valence-electron chi connectivity index (χ3n) is 6.28. The predicted octanol–water partition coefficient (Wildman–Crippen LogP) is 4.87. The number of benzene rings is 2. The average Bonchev–Trinajstić information content (AvgIpc) is 3.55. The van der Waals surface area contributed by atoms with Crippen molar-refractivity contribution in [3.05, 3.63) is 70.4 Å². The Balaban J connectivity index is 1.51. The molecule has 0 saturated carbocycles. The van der Waals surface area contributed by atoms with Crippen LogP contribution in [0.2, 0.25) is 0 Å². The van der Waals surface area contributed by atoms with E-state index in [0.29, 0.717) is 31.2 Å². The number of nitrogens with zero attached hydrogens (tertiary/aromatic N) is 6. The number of nitrogens with one attached hydrogen (secondary N) is 1. The number of aromatic amines is 1. The number of rotatable bonds is 12. The Morgan fingerprint density at radius 2 is 1.69 bits per heavy atom. The van der Waals surface area contributed by atoms with Gasteiger partial charge in [-0.2, -0.15) is 5.10 Å². The lowest BCUT2D eigenvalue weighted by atomic mass is 9.98. The van der Waals surface area contributed by atoms with Crippen molar-refractivity contribution in [2.75, 3.05) is 0 Å². The lowest BCUT2D eigenvalue weighted by Crippen LogP contribution is -2.26. The summed E-state index contributed by atoms with van der Waals surface area (Å²) in [6, 6.07) is 16.2. The molecule has 36 heavy (non-hydrogen) atoms. The van der Waals surface area contributed by atoms with Crippen LogP contribution in [-0.4, -0.2) is 35.0 Å². The highest BCUT2D eigenvalue weighted by molar-refractivity contribution is 5.80. The van der Waals surface area contributed by atoms with Crippen molar-refractivity contribution in [2.24, 2.45) is 0 Å². The quantitative estimate of drug-likeness (QED) is 0.229. The van der Waals surface area contributed by atoms with Crippen LogP contribution in [0.1, 0.15) is 63.8 Å². The fourth-order valence-corrected chi connectivity index (χ4v) is 4.32. The van der Waals surface area contributed by atoms with Crippen LogP contribution in [0.5, 0.6) is 0 Å². The van der Waals surface area contributed by atoms with Crippen LogP contribution in [0.4, 0.5) is 0 Å². The van der Waals surface area contributed by atoms with Crippen LogP contribution in [0.15, 0.2) is 53.3 Å². The normalized spacial score (nSPS) is 10.8. The SMILES string of the molecule is CC#CCc1nn(CCCCCCCC)c(=O)n1Cc1ccc(-c2ccccc2-c2nnn[nH]2)cc1. The van der Waals surface area contributed by atoms with Crippen molar-refractivity contribution < 1.29 is 0 Å². The summed E-state index contributed by atoms with van der Waals surface area (Å²) in [7, 11) is 0. The molecule has 0 aliphatic heterocycles. The van der Waals surface area contributed by atoms with E-state index in [1.54, 1.807) is 16.2 Å². The molecule has 0 unspecified atom stereocenters. The molecule has 2 aromatic heterocycles. The minimum absolute atomic E-state index is 0.0660. The van der Waals surface area contributed by atoms with Crippen LogP contribution >= 0.6 is 0 Å². The third-order valence-corrected chi connectivity index (χ3v) is 6.28. The second kappa shape index (κ2) is 12.6. The summed E-state index contributed by atoms with van der Waals surface area (Å²) in [6.45, 7) is 5.14. The third kappa shape index (κ3) is 6.16. The van der Waals surface area contributed by atoms with E-state index in [2.05, 4.69) is 68.8 Å². The lowest BCUT2D eigenvalue weighted by Gasteiger charge is -2.09. The van der Waals surface area contributed by atoms with Gasteiger partial charge >= 0.3 is 5.69 Å². The van der Waals surface area contributed by atoms with E-state index < -0.39 is 0 Å². The first-order valence-electron chi connectivity index (χ1n) is 12.7. The Labute approximate surface area is 211 Å². The first kappa shape index (κ1) is 25.1. The number of aryl methyl sites for hydroxylation is 1. The summed E-state index contributed by atoms with van der Waals surface area (Å²) in [5.41, 5.74) is 3.98. The van der Waals surface area contributed by atoms with Crippen molar-refractivity contribution >= 4 is 0 Å². The fraction of sp³-hybridized carbons (Fsp3) is 0.393. The van der Waals surface area contributed by atoms with Gasteiger partial charge in [-0.3, -0.25) is 4.57 Å². The van der Waals surface area contributed by atoms with Gasteiger partial charge in [-0.05, 0) is 40.5 Å². The van der Waals surface area contributed by atoms with Gasteiger partial charge in [0.15, 0.2) is 5.82 Å². The van der Waals surface area contributed by atoms with E-state index in [9.17, 15) is 4.79 Å². The van der Waals surface area contributed by atoms with Crippen LogP contribution in [-0.2, 0) is 19.5 Å². The zero-order valence-corrected chi connectivity index (χ0v) is 21.1. The number of H-pyrrole nitrogens is 1. The molecular formula is C28H33N7O. The molecule has 0 aliphatic carbocycles. The molecule has 8 nitrogen and oxygen atoms in total. The topological polar surface area (TPSA) is 94.3 Å². The van der Waals surface area contributed by atoms with Gasteiger partial charge in [-0.1, -0.05) is 93.5 Å². The molecule has 2 aromatic carbocycles. The van der Waals surface area contributed by atoms with Gasteiger partial charge in [0.25, 0.3) is 0 Å². The zero-order valence-electron chi connectivity index (χ0n) is 21.1. The number of hydrogen-bond donors (Lipinski definition) is 1. The summed E-state index contributed by atoms with van der Waals surface area (Å²) in [6.07, 6.45) is 7.53. The largest absolute Gasteiger partial charge is 0.346 e. The number of aromatic nitrogens is 7. The van der Waals surface area contributed by atoms with Gasteiger partial charge < -0.3 is 0 Å². The van der Waals surface area contributed by atoms with Crippen molar-refractivity contribution in [3.63, 3.8) is 0 Å². The van der Waals surface area contributed by atoms with E-state index in [-0.39, 0.29) is 5.69 Å². The summed E-state index contributed by atoms with van der Waals surface area (Å²) in [5, 5.41) is 18.9. The maximum Gasteiger partial charge on any atom is 0.346 e. The standard InChI is InChI=1S/C28H33N7O/c1-3-5-7-8-9-12-20-35-28(36)34(26(31-35)15-6-4-2)21-22-16-18-23(19-17-22)24-13-10-11-14-25(24)27-29-32-33-30-27/h10-11,13-14,16-19H,3,5,7-9,12,15,20-21H2,1-2H3,(H,29,30,32,33). The Morgan fingerprint density at radius 3 is 2.42 bits per heavy atom. The molecule has 0 atom stereocenters. The number of hydrogen-bond acceptors (Lipinski definition) is 5. The molecule has 0 amide bonds. The minimum Gasteiger partial charge on any atom is -0.274 e. The fourth-order valence-electron chi connectivity index (χ4n) is 4.32. The minimum atomic E-state index is -0.0660. The Morgan fingerprint density at radius 1 is 0.944 bits per heavy atom. The smallest absolute Gasteiger partial charge is 0.274 e. The second-order valence-corrected chi connectivity index (χ2v) is 8.87. The van der Waals surface area contributed by atoms with Crippen molar-refractivity contribution in [3.8, 4) is 34.4 Å². The molecule has 0 bridgehead atoms. The van der Waals surface area contributed by atoms with Gasteiger partial charge in [0.05, 0.1) is 13.0 Å². The Kier molecular flexibility index (Phi) is 8.82. The van der Waals surface area contributed by atoms with Gasteiger partial charge in [0, 0.05) is 12.1 Å². The molecule has 1 N–H and O–H groups in total. The summed E-state index contributed by atoms with van der Waals surface area (Å²) >= 11 is 0. The molecule has 4 rings (SSSR count). The second-order valence-electron chi connectivity index (χ2n) is 8.87. The summed E-state index contributed by atoms with van der Waals surface area (Å²) in [4.78, 5) is 13.2. The van der Waals surface area contributed by atoms with Crippen molar-refractivity contribution in [2.45, 2.75) is 71.9 Å². The van der Waals surface area contributed by atoms with Gasteiger partial charge in [0.2, 0.25) is 0 Å². The summed E-state index contributed by atoms with van der Waals surface area (Å²) in [5.74, 6) is 7.33. The van der Waals surface area contributed by atoms with Crippen molar-refractivity contribution in [1.82, 2.24) is 35.0 Å². The van der Waals surface area contributed by atoms with E-state index >= 15 is 0 Å². The molecule has 2 heterocycles. The molecule has 0 fully saturated rings. The number of tetrazole rings is 1. The highest BCUT2D eigenvalue weighted by Gasteiger charge is 2.14.